The summed E-state index contributed by atoms with van der Waals surface area (Å²) in [6.45, 7) is 5.05. The molecule has 17 heavy (non-hydrogen) atoms. The molecule has 0 aromatic rings. The van der Waals surface area contributed by atoms with Crippen molar-refractivity contribution in [1.82, 2.24) is 5.32 Å². The van der Waals surface area contributed by atoms with Gasteiger partial charge in [-0.1, -0.05) is 19.3 Å². The highest BCUT2D eigenvalue weighted by atomic mass is 16.5. The van der Waals surface area contributed by atoms with Gasteiger partial charge in [0.05, 0.1) is 12.2 Å². The number of hydrogen-bond acceptors (Lipinski definition) is 3. The zero-order valence-electron chi connectivity index (χ0n) is 11.1. The molecule has 0 unspecified atom stereocenters. The first-order valence-electron chi connectivity index (χ1n) is 7.33. The monoisotopic (exact) mass is 241 g/mol. The Labute approximate surface area is 105 Å². The second kappa shape index (κ2) is 7.34. The molecular formula is C14H27NO2. The van der Waals surface area contributed by atoms with Crippen molar-refractivity contribution in [3.63, 3.8) is 0 Å². The van der Waals surface area contributed by atoms with Crippen LogP contribution in [0.5, 0.6) is 0 Å². The van der Waals surface area contributed by atoms with Crippen LogP contribution in [0.1, 0.15) is 51.9 Å². The van der Waals surface area contributed by atoms with Crippen molar-refractivity contribution in [2.75, 3.05) is 19.8 Å². The standard InChI is InChI=1S/C14H27NO2/c1-12-14(8-11-16-12)15-9-5-10-17-13-6-3-2-4-7-13/h12-15H,2-11H2,1H3/t12-,14-/m0/s1. The van der Waals surface area contributed by atoms with E-state index < -0.39 is 0 Å². The molecule has 1 saturated heterocycles. The van der Waals surface area contributed by atoms with Gasteiger partial charge in [-0.15, -0.1) is 0 Å². The SMILES string of the molecule is C[C@@H]1OCC[C@@H]1NCCCOC1CCCCC1. The maximum Gasteiger partial charge on any atom is 0.0700 e. The molecule has 100 valence electrons. The quantitative estimate of drug-likeness (QED) is 0.725. The van der Waals surface area contributed by atoms with Crippen LogP contribution in [-0.4, -0.2) is 38.0 Å². The third-order valence-electron chi connectivity index (χ3n) is 4.01. The first-order valence-corrected chi connectivity index (χ1v) is 7.33. The van der Waals surface area contributed by atoms with Crippen LogP contribution in [0.4, 0.5) is 0 Å². The fourth-order valence-corrected chi connectivity index (χ4v) is 2.84. The number of ether oxygens (including phenoxy) is 2. The van der Waals surface area contributed by atoms with Gasteiger partial charge in [0.15, 0.2) is 0 Å². The Balaban J connectivity index is 1.45. The molecule has 3 heteroatoms. The maximum absolute atomic E-state index is 5.90. The van der Waals surface area contributed by atoms with Crippen LogP contribution in [0, 0.1) is 0 Å². The zero-order valence-corrected chi connectivity index (χ0v) is 11.1. The Morgan fingerprint density at radius 1 is 1.18 bits per heavy atom. The summed E-state index contributed by atoms with van der Waals surface area (Å²) >= 11 is 0. The number of rotatable bonds is 6. The van der Waals surface area contributed by atoms with E-state index in [2.05, 4.69) is 12.2 Å². The van der Waals surface area contributed by atoms with Gasteiger partial charge >= 0.3 is 0 Å². The molecule has 0 aromatic carbocycles. The Kier molecular flexibility index (Phi) is 5.75. The van der Waals surface area contributed by atoms with Gasteiger partial charge in [0.2, 0.25) is 0 Å². The van der Waals surface area contributed by atoms with E-state index >= 15 is 0 Å². The van der Waals surface area contributed by atoms with Crippen molar-refractivity contribution in [3.8, 4) is 0 Å². The Morgan fingerprint density at radius 3 is 2.71 bits per heavy atom. The van der Waals surface area contributed by atoms with Crippen LogP contribution >= 0.6 is 0 Å². The van der Waals surface area contributed by atoms with Gasteiger partial charge in [0.25, 0.3) is 0 Å². The largest absolute Gasteiger partial charge is 0.378 e. The fourth-order valence-electron chi connectivity index (χ4n) is 2.84. The summed E-state index contributed by atoms with van der Waals surface area (Å²) in [4.78, 5) is 0. The lowest BCUT2D eigenvalue weighted by Crippen LogP contribution is -2.35. The highest BCUT2D eigenvalue weighted by molar-refractivity contribution is 4.78. The van der Waals surface area contributed by atoms with Crippen molar-refractivity contribution in [2.24, 2.45) is 0 Å². The minimum Gasteiger partial charge on any atom is -0.378 e. The Morgan fingerprint density at radius 2 is 2.00 bits per heavy atom. The van der Waals surface area contributed by atoms with E-state index in [4.69, 9.17) is 9.47 Å². The third kappa shape index (κ3) is 4.57. The molecule has 0 bridgehead atoms. The van der Waals surface area contributed by atoms with Crippen molar-refractivity contribution < 1.29 is 9.47 Å². The smallest absolute Gasteiger partial charge is 0.0700 e. The molecule has 0 aromatic heterocycles. The van der Waals surface area contributed by atoms with Crippen molar-refractivity contribution in [1.29, 1.82) is 0 Å². The van der Waals surface area contributed by atoms with Crippen molar-refractivity contribution in [2.45, 2.75) is 70.1 Å². The summed E-state index contributed by atoms with van der Waals surface area (Å²) in [7, 11) is 0. The molecular weight excluding hydrogens is 214 g/mol. The number of nitrogens with one attached hydrogen (secondary N) is 1. The first-order chi connectivity index (χ1) is 8.36. The molecule has 2 fully saturated rings. The fraction of sp³-hybridized carbons (Fsp3) is 1.00. The van der Waals surface area contributed by atoms with Crippen LogP contribution in [0.2, 0.25) is 0 Å². The number of hydrogen-bond donors (Lipinski definition) is 1. The van der Waals surface area contributed by atoms with Crippen LogP contribution in [-0.2, 0) is 9.47 Å². The van der Waals surface area contributed by atoms with Gasteiger partial charge in [0, 0.05) is 19.3 Å². The lowest BCUT2D eigenvalue weighted by atomic mass is 9.98. The van der Waals surface area contributed by atoms with Gasteiger partial charge in [-0.05, 0) is 39.2 Å². The van der Waals surface area contributed by atoms with E-state index in [1.54, 1.807) is 0 Å². The maximum atomic E-state index is 5.90. The molecule has 1 saturated carbocycles. The average molecular weight is 241 g/mol. The second-order valence-corrected chi connectivity index (χ2v) is 5.41. The summed E-state index contributed by atoms with van der Waals surface area (Å²) in [6, 6.07) is 0.560. The topological polar surface area (TPSA) is 30.5 Å². The van der Waals surface area contributed by atoms with Gasteiger partial charge in [-0.3, -0.25) is 0 Å². The summed E-state index contributed by atoms with van der Waals surface area (Å²) < 4.78 is 11.4. The normalized spacial score (nSPS) is 30.9. The molecule has 1 aliphatic carbocycles. The average Bonchev–Trinajstić information content (AvgIpc) is 2.76. The lowest BCUT2D eigenvalue weighted by Gasteiger charge is -2.22. The predicted octanol–water partition coefficient (Wildman–Crippen LogP) is 2.49. The summed E-state index contributed by atoms with van der Waals surface area (Å²) in [6.07, 6.45) is 9.90. The molecule has 0 radical (unpaired) electrons. The second-order valence-electron chi connectivity index (χ2n) is 5.41. The highest BCUT2D eigenvalue weighted by Gasteiger charge is 2.22. The van der Waals surface area contributed by atoms with Gasteiger partial charge in [-0.25, -0.2) is 0 Å². The van der Waals surface area contributed by atoms with Gasteiger partial charge in [-0.2, -0.15) is 0 Å². The van der Waals surface area contributed by atoms with E-state index in [1.807, 2.05) is 0 Å². The third-order valence-corrected chi connectivity index (χ3v) is 4.01. The molecule has 2 aliphatic rings. The highest BCUT2D eigenvalue weighted by Crippen LogP contribution is 2.20. The van der Waals surface area contributed by atoms with Gasteiger partial charge in [0.1, 0.15) is 0 Å². The van der Waals surface area contributed by atoms with Crippen molar-refractivity contribution in [3.05, 3.63) is 0 Å². The van der Waals surface area contributed by atoms with E-state index in [9.17, 15) is 0 Å². The van der Waals surface area contributed by atoms with Crippen LogP contribution in [0.15, 0.2) is 0 Å². The molecule has 1 N–H and O–H groups in total. The summed E-state index contributed by atoms with van der Waals surface area (Å²) in [5.41, 5.74) is 0. The van der Waals surface area contributed by atoms with Crippen LogP contribution in [0.3, 0.4) is 0 Å². The predicted molar refractivity (Wildman–Crippen MR) is 69.3 cm³/mol. The molecule has 3 nitrogen and oxygen atoms in total. The molecule has 2 rings (SSSR count). The lowest BCUT2D eigenvalue weighted by molar-refractivity contribution is 0.0267. The molecule has 2 atom stereocenters. The van der Waals surface area contributed by atoms with E-state index in [-0.39, 0.29) is 0 Å². The zero-order chi connectivity index (χ0) is 11.9. The molecule has 1 heterocycles. The van der Waals surface area contributed by atoms with E-state index in [0.29, 0.717) is 18.2 Å². The van der Waals surface area contributed by atoms with Crippen LogP contribution in [0.25, 0.3) is 0 Å². The van der Waals surface area contributed by atoms with Gasteiger partial charge < -0.3 is 14.8 Å². The molecule has 1 aliphatic heterocycles. The van der Waals surface area contributed by atoms with E-state index in [0.717, 1.165) is 32.6 Å². The summed E-state index contributed by atoms with van der Waals surface area (Å²) in [5.74, 6) is 0. The molecule has 0 amide bonds. The Hall–Kier alpha value is -0.120. The minimum absolute atomic E-state index is 0.384. The van der Waals surface area contributed by atoms with E-state index in [1.165, 1.54) is 32.1 Å². The minimum atomic E-state index is 0.384. The van der Waals surface area contributed by atoms with Crippen molar-refractivity contribution >= 4 is 0 Å². The first kappa shape index (κ1) is 13.3. The van der Waals surface area contributed by atoms with Crippen LogP contribution < -0.4 is 5.32 Å². The Bertz CT molecular complexity index is 204. The summed E-state index contributed by atoms with van der Waals surface area (Å²) in [5, 5.41) is 3.56. The molecule has 0 spiro atoms.